The predicted molar refractivity (Wildman–Crippen MR) is 71.7 cm³/mol. The summed E-state index contributed by atoms with van der Waals surface area (Å²) in [6.07, 6.45) is 4.10. The second-order valence-corrected chi connectivity index (χ2v) is 5.35. The van der Waals surface area contributed by atoms with Gasteiger partial charge < -0.3 is 10.0 Å². The number of aromatic nitrogens is 2. The summed E-state index contributed by atoms with van der Waals surface area (Å²) >= 11 is 0. The molecule has 104 valence electrons. The maximum atomic E-state index is 12.3. The van der Waals surface area contributed by atoms with Gasteiger partial charge in [-0.1, -0.05) is 6.92 Å². The van der Waals surface area contributed by atoms with Crippen molar-refractivity contribution in [3.8, 4) is 0 Å². The zero-order chi connectivity index (χ0) is 13.9. The van der Waals surface area contributed by atoms with Crippen LogP contribution in [0.5, 0.6) is 0 Å². The first-order valence-corrected chi connectivity index (χ1v) is 6.79. The van der Waals surface area contributed by atoms with E-state index in [2.05, 4.69) is 16.9 Å². The Labute approximate surface area is 113 Å². The van der Waals surface area contributed by atoms with E-state index in [-0.39, 0.29) is 17.9 Å². The lowest BCUT2D eigenvalue weighted by Gasteiger charge is -2.40. The Bertz CT molecular complexity index is 448. The van der Waals surface area contributed by atoms with Gasteiger partial charge in [-0.05, 0) is 37.7 Å². The molecule has 2 heterocycles. The van der Waals surface area contributed by atoms with Crippen molar-refractivity contribution in [1.29, 1.82) is 0 Å². The first-order chi connectivity index (χ1) is 9.10. The summed E-state index contributed by atoms with van der Waals surface area (Å²) in [4.78, 5) is 22.2. The van der Waals surface area contributed by atoms with Crippen molar-refractivity contribution in [2.45, 2.75) is 33.1 Å². The van der Waals surface area contributed by atoms with Crippen molar-refractivity contribution >= 4 is 5.91 Å². The second kappa shape index (κ2) is 5.65. The summed E-state index contributed by atoms with van der Waals surface area (Å²) < 4.78 is 0. The van der Waals surface area contributed by atoms with Gasteiger partial charge in [0.1, 0.15) is 12.0 Å². The standard InChI is InChI=1S/C14H21N3O2/c1-3-14(9-18)4-6-17(7-5-14)13(19)12-8-11(2)15-10-16-12/h8,10,18H,3-7,9H2,1-2H3. The van der Waals surface area contributed by atoms with Crippen LogP contribution in [0, 0.1) is 12.3 Å². The number of rotatable bonds is 3. The fraction of sp³-hybridized carbons (Fsp3) is 0.643. The van der Waals surface area contributed by atoms with Gasteiger partial charge in [-0.25, -0.2) is 9.97 Å². The lowest BCUT2D eigenvalue weighted by atomic mass is 9.77. The molecule has 0 spiro atoms. The topological polar surface area (TPSA) is 66.3 Å². The third kappa shape index (κ3) is 2.92. The van der Waals surface area contributed by atoms with Gasteiger partial charge in [-0.2, -0.15) is 0 Å². The fourth-order valence-electron chi connectivity index (χ4n) is 2.54. The molecule has 0 atom stereocenters. The normalized spacial score (nSPS) is 18.4. The fourth-order valence-corrected chi connectivity index (χ4v) is 2.54. The molecular weight excluding hydrogens is 242 g/mol. The number of amides is 1. The number of hydrogen-bond donors (Lipinski definition) is 1. The number of piperidine rings is 1. The highest BCUT2D eigenvalue weighted by molar-refractivity contribution is 5.92. The van der Waals surface area contributed by atoms with Crippen LogP contribution in [0.3, 0.4) is 0 Å². The highest BCUT2D eigenvalue weighted by atomic mass is 16.3. The number of aliphatic hydroxyl groups is 1. The average molecular weight is 263 g/mol. The van der Waals surface area contributed by atoms with Crippen molar-refractivity contribution in [3.63, 3.8) is 0 Å². The molecule has 1 fully saturated rings. The van der Waals surface area contributed by atoms with Gasteiger partial charge in [-0.3, -0.25) is 4.79 Å². The molecule has 1 N–H and O–H groups in total. The largest absolute Gasteiger partial charge is 0.396 e. The third-order valence-electron chi connectivity index (χ3n) is 4.22. The molecule has 0 saturated carbocycles. The molecule has 1 aliphatic rings. The minimum Gasteiger partial charge on any atom is -0.396 e. The van der Waals surface area contributed by atoms with E-state index < -0.39 is 0 Å². The SMILES string of the molecule is CCC1(CO)CCN(C(=O)c2cc(C)ncn2)CC1. The molecule has 0 aliphatic carbocycles. The molecule has 5 nitrogen and oxygen atoms in total. The van der Waals surface area contributed by atoms with Crippen LogP contribution in [0.15, 0.2) is 12.4 Å². The predicted octanol–water partition coefficient (Wildman–Crippen LogP) is 1.41. The molecule has 5 heteroatoms. The molecule has 1 aromatic heterocycles. The van der Waals surface area contributed by atoms with E-state index in [4.69, 9.17) is 0 Å². The van der Waals surface area contributed by atoms with Crippen LogP contribution in [0.4, 0.5) is 0 Å². The molecule has 1 amide bonds. The zero-order valence-corrected chi connectivity index (χ0v) is 11.6. The van der Waals surface area contributed by atoms with E-state index in [0.29, 0.717) is 18.8 Å². The van der Waals surface area contributed by atoms with Gasteiger partial charge in [0.05, 0.1) is 0 Å². The average Bonchev–Trinajstić information content (AvgIpc) is 2.46. The summed E-state index contributed by atoms with van der Waals surface area (Å²) in [6.45, 7) is 5.54. The number of nitrogens with zero attached hydrogens (tertiary/aromatic N) is 3. The molecular formula is C14H21N3O2. The van der Waals surface area contributed by atoms with Crippen molar-refractivity contribution in [3.05, 3.63) is 23.8 Å². The summed E-state index contributed by atoms with van der Waals surface area (Å²) in [5.41, 5.74) is 1.26. The van der Waals surface area contributed by atoms with E-state index in [1.165, 1.54) is 6.33 Å². The summed E-state index contributed by atoms with van der Waals surface area (Å²) in [5.74, 6) is -0.0341. The van der Waals surface area contributed by atoms with E-state index in [0.717, 1.165) is 25.0 Å². The molecule has 0 radical (unpaired) electrons. The summed E-state index contributed by atoms with van der Waals surface area (Å²) in [5, 5.41) is 9.50. The highest BCUT2D eigenvalue weighted by Crippen LogP contribution is 2.34. The number of carbonyl (C=O) groups excluding carboxylic acids is 1. The minimum atomic E-state index is -0.0341. The maximum absolute atomic E-state index is 12.3. The van der Waals surface area contributed by atoms with Crippen LogP contribution in [0.1, 0.15) is 42.4 Å². The van der Waals surface area contributed by atoms with E-state index in [1.54, 1.807) is 6.07 Å². The molecule has 2 rings (SSSR count). The quantitative estimate of drug-likeness (QED) is 0.895. The number of carbonyl (C=O) groups is 1. The number of hydrogen-bond acceptors (Lipinski definition) is 4. The van der Waals surface area contributed by atoms with Crippen LogP contribution in [0.25, 0.3) is 0 Å². The van der Waals surface area contributed by atoms with Gasteiger partial charge in [0.2, 0.25) is 0 Å². The smallest absolute Gasteiger partial charge is 0.272 e. The van der Waals surface area contributed by atoms with Crippen molar-refractivity contribution in [1.82, 2.24) is 14.9 Å². The Kier molecular flexibility index (Phi) is 4.14. The zero-order valence-electron chi connectivity index (χ0n) is 11.6. The van der Waals surface area contributed by atoms with Crippen LogP contribution in [-0.2, 0) is 0 Å². The summed E-state index contributed by atoms with van der Waals surface area (Å²) in [6, 6.07) is 1.72. The number of likely N-dealkylation sites (tertiary alicyclic amines) is 1. The lowest BCUT2D eigenvalue weighted by molar-refractivity contribution is 0.0334. The molecule has 19 heavy (non-hydrogen) atoms. The Morgan fingerprint density at radius 1 is 1.42 bits per heavy atom. The third-order valence-corrected chi connectivity index (χ3v) is 4.22. The Morgan fingerprint density at radius 3 is 2.63 bits per heavy atom. The summed E-state index contributed by atoms with van der Waals surface area (Å²) in [7, 11) is 0. The number of aryl methyl sites for hydroxylation is 1. The number of aliphatic hydroxyl groups excluding tert-OH is 1. The van der Waals surface area contributed by atoms with E-state index in [9.17, 15) is 9.90 Å². The molecule has 1 aliphatic heterocycles. The van der Waals surface area contributed by atoms with Crippen LogP contribution < -0.4 is 0 Å². The van der Waals surface area contributed by atoms with Crippen LogP contribution in [-0.4, -0.2) is 45.6 Å². The minimum absolute atomic E-state index is 0.00162. The van der Waals surface area contributed by atoms with E-state index >= 15 is 0 Å². The molecule has 0 unspecified atom stereocenters. The second-order valence-electron chi connectivity index (χ2n) is 5.35. The van der Waals surface area contributed by atoms with Gasteiger partial charge in [0, 0.05) is 25.4 Å². The van der Waals surface area contributed by atoms with Gasteiger partial charge in [0.15, 0.2) is 0 Å². The Balaban J connectivity index is 2.04. The lowest BCUT2D eigenvalue weighted by Crippen LogP contribution is -2.44. The maximum Gasteiger partial charge on any atom is 0.272 e. The Morgan fingerprint density at radius 2 is 2.11 bits per heavy atom. The van der Waals surface area contributed by atoms with Crippen molar-refractivity contribution < 1.29 is 9.90 Å². The molecule has 1 aromatic rings. The molecule has 1 saturated heterocycles. The highest BCUT2D eigenvalue weighted by Gasteiger charge is 2.34. The molecule has 0 bridgehead atoms. The van der Waals surface area contributed by atoms with Crippen molar-refractivity contribution in [2.24, 2.45) is 5.41 Å². The van der Waals surface area contributed by atoms with Crippen LogP contribution in [0.2, 0.25) is 0 Å². The monoisotopic (exact) mass is 263 g/mol. The Hall–Kier alpha value is -1.49. The van der Waals surface area contributed by atoms with Gasteiger partial charge >= 0.3 is 0 Å². The first-order valence-electron chi connectivity index (χ1n) is 6.79. The molecule has 0 aromatic carbocycles. The van der Waals surface area contributed by atoms with Crippen LogP contribution >= 0.6 is 0 Å². The first kappa shape index (κ1) is 13.9. The van der Waals surface area contributed by atoms with Gasteiger partial charge in [-0.15, -0.1) is 0 Å². The van der Waals surface area contributed by atoms with Gasteiger partial charge in [0.25, 0.3) is 5.91 Å². The van der Waals surface area contributed by atoms with Crippen molar-refractivity contribution in [2.75, 3.05) is 19.7 Å². The van der Waals surface area contributed by atoms with E-state index in [1.807, 2.05) is 11.8 Å².